The van der Waals surface area contributed by atoms with E-state index in [1.54, 1.807) is 0 Å². The van der Waals surface area contributed by atoms with Crippen molar-refractivity contribution in [3.63, 3.8) is 0 Å². The van der Waals surface area contributed by atoms with Crippen molar-refractivity contribution in [2.45, 2.75) is 44.8 Å². The van der Waals surface area contributed by atoms with Gasteiger partial charge in [-0.05, 0) is 31.1 Å². The Bertz CT molecular complexity index is 489. The molecule has 1 aliphatic heterocycles. The lowest BCUT2D eigenvalue weighted by Crippen LogP contribution is -2.44. The van der Waals surface area contributed by atoms with Gasteiger partial charge in [-0.25, -0.2) is 21.6 Å². The van der Waals surface area contributed by atoms with Crippen LogP contribution >= 0.6 is 11.6 Å². The Morgan fingerprint density at radius 2 is 1.70 bits per heavy atom. The molecule has 0 aromatic heterocycles. The number of hydrogen-bond donors (Lipinski definition) is 1. The first-order valence-electron chi connectivity index (χ1n) is 6.95. The van der Waals surface area contributed by atoms with E-state index in [4.69, 9.17) is 11.6 Å². The summed E-state index contributed by atoms with van der Waals surface area (Å²) in [6.07, 6.45) is 1.97. The SMILES string of the molecule is CCC(CC)(CCl)CNS(=O)(=O)C1CCS(=O)(=O)CC1. The number of sulfonamides is 1. The Balaban J connectivity index is 2.67. The van der Waals surface area contributed by atoms with Gasteiger partial charge in [-0.3, -0.25) is 0 Å². The fourth-order valence-electron chi connectivity index (χ4n) is 2.29. The number of nitrogens with one attached hydrogen (secondary N) is 1. The van der Waals surface area contributed by atoms with Crippen LogP contribution in [0.25, 0.3) is 0 Å². The molecule has 1 heterocycles. The smallest absolute Gasteiger partial charge is 0.214 e. The molecule has 0 aliphatic carbocycles. The fourth-order valence-corrected chi connectivity index (χ4v) is 6.15. The van der Waals surface area contributed by atoms with Crippen LogP contribution in [0.5, 0.6) is 0 Å². The molecule has 0 unspecified atom stereocenters. The van der Waals surface area contributed by atoms with Gasteiger partial charge in [-0.15, -0.1) is 11.6 Å². The van der Waals surface area contributed by atoms with Gasteiger partial charge in [-0.1, -0.05) is 13.8 Å². The summed E-state index contributed by atoms with van der Waals surface area (Å²) in [6, 6.07) is 0. The average Bonchev–Trinajstić information content (AvgIpc) is 2.40. The van der Waals surface area contributed by atoms with Crippen molar-refractivity contribution in [2.24, 2.45) is 5.41 Å². The highest BCUT2D eigenvalue weighted by Gasteiger charge is 2.34. The number of halogens is 1. The van der Waals surface area contributed by atoms with Gasteiger partial charge in [0.15, 0.2) is 0 Å². The van der Waals surface area contributed by atoms with Gasteiger partial charge in [0, 0.05) is 12.4 Å². The summed E-state index contributed by atoms with van der Waals surface area (Å²) in [7, 11) is -6.52. The van der Waals surface area contributed by atoms with Crippen LogP contribution in [0, 0.1) is 5.41 Å². The predicted octanol–water partition coefficient (Wildman–Crippen LogP) is 1.53. The summed E-state index contributed by atoms with van der Waals surface area (Å²) in [5, 5.41) is -0.604. The van der Waals surface area contributed by atoms with Gasteiger partial charge >= 0.3 is 0 Å². The maximum absolute atomic E-state index is 12.2. The summed E-state index contributed by atoms with van der Waals surface area (Å²) in [4.78, 5) is 0. The topological polar surface area (TPSA) is 80.3 Å². The van der Waals surface area contributed by atoms with Gasteiger partial charge in [0.1, 0.15) is 9.84 Å². The van der Waals surface area contributed by atoms with Crippen LogP contribution in [0.4, 0.5) is 0 Å². The summed E-state index contributed by atoms with van der Waals surface area (Å²) in [5.74, 6) is 0.323. The first-order valence-corrected chi connectivity index (χ1v) is 10.9. The van der Waals surface area contributed by atoms with Crippen LogP contribution in [0.1, 0.15) is 39.5 Å². The minimum atomic E-state index is -3.47. The fraction of sp³-hybridized carbons (Fsp3) is 1.00. The zero-order valence-corrected chi connectivity index (χ0v) is 14.5. The highest BCUT2D eigenvalue weighted by molar-refractivity contribution is 7.92. The quantitative estimate of drug-likeness (QED) is 0.709. The molecule has 0 aromatic rings. The average molecular weight is 346 g/mol. The molecule has 5 nitrogen and oxygen atoms in total. The van der Waals surface area contributed by atoms with E-state index in [2.05, 4.69) is 4.72 Å². The van der Waals surface area contributed by atoms with Gasteiger partial charge in [0.05, 0.1) is 16.8 Å². The molecule has 1 saturated heterocycles. The van der Waals surface area contributed by atoms with E-state index in [0.717, 1.165) is 12.8 Å². The molecule has 8 heteroatoms. The number of alkyl halides is 1. The van der Waals surface area contributed by atoms with Gasteiger partial charge in [-0.2, -0.15) is 0 Å². The second-order valence-corrected chi connectivity index (χ2v) is 10.2. The number of sulfone groups is 1. The van der Waals surface area contributed by atoms with E-state index in [-0.39, 0.29) is 29.8 Å². The molecule has 20 heavy (non-hydrogen) atoms. The van der Waals surface area contributed by atoms with E-state index in [9.17, 15) is 16.8 Å². The molecule has 1 rings (SSSR count). The van der Waals surface area contributed by atoms with Gasteiger partial charge < -0.3 is 0 Å². The zero-order chi connectivity index (χ0) is 15.4. The molecule has 0 aromatic carbocycles. The first-order chi connectivity index (χ1) is 9.20. The third-order valence-corrected chi connectivity index (χ3v) is 8.55. The molecule has 1 aliphatic rings. The van der Waals surface area contributed by atoms with Crippen LogP contribution < -0.4 is 4.72 Å². The Kier molecular flexibility index (Phi) is 6.32. The molecular formula is C12H24ClNO4S2. The van der Waals surface area contributed by atoms with E-state index < -0.39 is 25.1 Å². The Morgan fingerprint density at radius 3 is 2.10 bits per heavy atom. The van der Waals surface area contributed by atoms with E-state index in [0.29, 0.717) is 12.4 Å². The van der Waals surface area contributed by atoms with Crippen LogP contribution in [-0.2, 0) is 19.9 Å². The number of rotatable bonds is 7. The highest BCUT2D eigenvalue weighted by atomic mass is 35.5. The molecule has 1 N–H and O–H groups in total. The van der Waals surface area contributed by atoms with Crippen LogP contribution in [0.15, 0.2) is 0 Å². The molecule has 0 radical (unpaired) electrons. The Labute approximate surface area is 127 Å². The van der Waals surface area contributed by atoms with E-state index >= 15 is 0 Å². The minimum absolute atomic E-state index is 0.0409. The summed E-state index contributed by atoms with van der Waals surface area (Å²) in [5.41, 5.74) is -0.227. The van der Waals surface area contributed by atoms with E-state index in [1.807, 2.05) is 13.8 Å². The minimum Gasteiger partial charge on any atom is -0.229 e. The third kappa shape index (κ3) is 4.58. The second-order valence-electron chi connectivity index (χ2n) is 5.56. The summed E-state index contributed by atoms with van der Waals surface area (Å²) >= 11 is 5.96. The lowest BCUT2D eigenvalue weighted by atomic mass is 9.85. The predicted molar refractivity (Wildman–Crippen MR) is 82.3 cm³/mol. The molecule has 0 amide bonds. The van der Waals surface area contributed by atoms with Crippen molar-refractivity contribution in [3.8, 4) is 0 Å². The van der Waals surface area contributed by atoms with Crippen molar-refractivity contribution in [1.29, 1.82) is 0 Å². The van der Waals surface area contributed by atoms with Crippen molar-refractivity contribution < 1.29 is 16.8 Å². The van der Waals surface area contributed by atoms with Crippen molar-refractivity contribution in [2.75, 3.05) is 23.9 Å². The Hall–Kier alpha value is 0.150. The van der Waals surface area contributed by atoms with Crippen LogP contribution in [-0.4, -0.2) is 46.0 Å². The maximum Gasteiger partial charge on any atom is 0.214 e. The molecule has 0 spiro atoms. The highest BCUT2D eigenvalue weighted by Crippen LogP contribution is 2.28. The normalized spacial score (nSPS) is 20.9. The lowest BCUT2D eigenvalue weighted by molar-refractivity contribution is 0.304. The third-order valence-electron chi connectivity index (χ3n) is 4.37. The maximum atomic E-state index is 12.2. The second kappa shape index (κ2) is 6.94. The molecular weight excluding hydrogens is 322 g/mol. The summed E-state index contributed by atoms with van der Waals surface area (Å²) in [6.45, 7) is 4.30. The van der Waals surface area contributed by atoms with Crippen molar-refractivity contribution in [3.05, 3.63) is 0 Å². The first kappa shape index (κ1) is 18.2. The van der Waals surface area contributed by atoms with Crippen LogP contribution in [0.2, 0.25) is 0 Å². The number of hydrogen-bond acceptors (Lipinski definition) is 4. The lowest BCUT2D eigenvalue weighted by Gasteiger charge is -2.31. The molecule has 0 bridgehead atoms. The molecule has 1 fully saturated rings. The van der Waals surface area contributed by atoms with Crippen molar-refractivity contribution >= 4 is 31.5 Å². The van der Waals surface area contributed by atoms with Gasteiger partial charge in [0.25, 0.3) is 0 Å². The zero-order valence-electron chi connectivity index (χ0n) is 12.1. The van der Waals surface area contributed by atoms with Crippen molar-refractivity contribution in [1.82, 2.24) is 4.72 Å². The van der Waals surface area contributed by atoms with Crippen LogP contribution in [0.3, 0.4) is 0 Å². The Morgan fingerprint density at radius 1 is 1.20 bits per heavy atom. The summed E-state index contributed by atoms with van der Waals surface area (Å²) < 4.78 is 49.8. The van der Waals surface area contributed by atoms with Gasteiger partial charge in [0.2, 0.25) is 10.0 Å². The molecule has 0 atom stereocenters. The van der Waals surface area contributed by atoms with E-state index in [1.165, 1.54) is 0 Å². The standard InChI is InChI=1S/C12H24ClNO4S2/c1-3-12(4-2,9-13)10-14-20(17,18)11-5-7-19(15,16)8-6-11/h11,14H,3-10H2,1-2H3. The molecule has 0 saturated carbocycles. The largest absolute Gasteiger partial charge is 0.229 e. The monoisotopic (exact) mass is 345 g/mol. The molecule has 120 valence electrons.